The highest BCUT2D eigenvalue weighted by atomic mass is 16.6. The topological polar surface area (TPSA) is 150 Å². The highest BCUT2D eigenvalue weighted by molar-refractivity contribution is 5.98. The van der Waals surface area contributed by atoms with Gasteiger partial charge in [0.2, 0.25) is 11.6 Å². The summed E-state index contributed by atoms with van der Waals surface area (Å²) in [6, 6.07) is 12.5. The average Bonchev–Trinajstić information content (AvgIpc) is 3.42. The summed E-state index contributed by atoms with van der Waals surface area (Å²) in [7, 11) is 0. The summed E-state index contributed by atoms with van der Waals surface area (Å²) in [6.45, 7) is 0. The van der Waals surface area contributed by atoms with Crippen molar-refractivity contribution in [2.45, 2.75) is 0 Å². The minimum Gasteiger partial charge on any atom is -0.463 e. The van der Waals surface area contributed by atoms with E-state index < -0.39 is 5.91 Å². The molecule has 0 aliphatic carbocycles. The SMILES string of the molecule is Nc1nonc1-n1nnc(C(=O)N/N=C\c2ccco2)c1-c1ccccc1. The second-order valence-corrected chi connectivity index (χ2v) is 5.25. The largest absolute Gasteiger partial charge is 0.463 e. The number of aromatic nitrogens is 5. The molecule has 0 aliphatic heterocycles. The molecule has 11 nitrogen and oxygen atoms in total. The van der Waals surface area contributed by atoms with E-state index in [0.717, 1.165) is 0 Å². The van der Waals surface area contributed by atoms with Crippen LogP contribution in [0, 0.1) is 0 Å². The van der Waals surface area contributed by atoms with Crippen molar-refractivity contribution in [2.75, 3.05) is 5.73 Å². The van der Waals surface area contributed by atoms with Gasteiger partial charge in [0.05, 0.1) is 12.5 Å². The van der Waals surface area contributed by atoms with Crippen molar-refractivity contribution in [1.82, 2.24) is 30.7 Å². The molecule has 3 heterocycles. The second-order valence-electron chi connectivity index (χ2n) is 5.25. The van der Waals surface area contributed by atoms with Gasteiger partial charge in [0.15, 0.2) is 5.69 Å². The number of hydrazone groups is 1. The molecule has 0 saturated heterocycles. The van der Waals surface area contributed by atoms with Gasteiger partial charge in [-0.25, -0.2) is 10.1 Å². The van der Waals surface area contributed by atoms with Crippen molar-refractivity contribution >= 4 is 17.9 Å². The first-order valence-electron chi connectivity index (χ1n) is 7.70. The number of carbonyl (C=O) groups excluding carboxylic acids is 1. The standard InChI is InChI=1S/C16H12N8O3/c17-14-15(22-27-21-14)24-13(10-5-2-1-3-6-10)12(19-23-24)16(25)20-18-9-11-7-4-8-26-11/h1-9H,(H2,17,21)(H,20,25)/b18-9-. The zero-order valence-corrected chi connectivity index (χ0v) is 13.7. The Morgan fingerprint density at radius 1 is 1.19 bits per heavy atom. The van der Waals surface area contributed by atoms with E-state index in [4.69, 9.17) is 10.2 Å². The Morgan fingerprint density at radius 3 is 2.74 bits per heavy atom. The first-order chi connectivity index (χ1) is 13.2. The lowest BCUT2D eigenvalue weighted by molar-refractivity contribution is 0.0950. The fourth-order valence-electron chi connectivity index (χ4n) is 2.35. The number of nitrogens with two attached hydrogens (primary N) is 1. The minimum atomic E-state index is -0.571. The van der Waals surface area contributed by atoms with Gasteiger partial charge in [-0.15, -0.1) is 5.10 Å². The van der Waals surface area contributed by atoms with Gasteiger partial charge in [0.1, 0.15) is 11.5 Å². The Kier molecular flexibility index (Phi) is 4.15. The summed E-state index contributed by atoms with van der Waals surface area (Å²) in [5, 5.41) is 19.0. The van der Waals surface area contributed by atoms with Crippen LogP contribution in [0.3, 0.4) is 0 Å². The molecule has 0 fully saturated rings. The minimum absolute atomic E-state index is 0.0138. The van der Waals surface area contributed by atoms with Gasteiger partial charge >= 0.3 is 0 Å². The summed E-state index contributed by atoms with van der Waals surface area (Å²) in [6.07, 6.45) is 2.86. The van der Waals surface area contributed by atoms with Crippen molar-refractivity contribution in [2.24, 2.45) is 5.10 Å². The Morgan fingerprint density at radius 2 is 2.04 bits per heavy atom. The number of hydrogen-bond donors (Lipinski definition) is 2. The third-order valence-corrected chi connectivity index (χ3v) is 3.53. The molecule has 1 aromatic carbocycles. The molecule has 0 unspecified atom stereocenters. The number of carbonyl (C=O) groups is 1. The molecule has 27 heavy (non-hydrogen) atoms. The molecule has 3 aromatic heterocycles. The molecule has 3 N–H and O–H groups in total. The van der Waals surface area contributed by atoms with Gasteiger partial charge < -0.3 is 10.2 Å². The van der Waals surface area contributed by atoms with Crippen molar-refractivity contribution in [3.8, 4) is 17.1 Å². The molecule has 0 atom stereocenters. The van der Waals surface area contributed by atoms with Crippen molar-refractivity contribution in [3.05, 3.63) is 60.2 Å². The second kappa shape index (κ2) is 6.92. The summed E-state index contributed by atoms with van der Waals surface area (Å²) in [4.78, 5) is 12.6. The number of nitrogens with zero attached hydrogens (tertiary/aromatic N) is 6. The number of nitrogens with one attached hydrogen (secondary N) is 1. The molecule has 0 bridgehead atoms. The van der Waals surface area contributed by atoms with Gasteiger partial charge in [0.25, 0.3) is 5.91 Å². The van der Waals surface area contributed by atoms with E-state index in [1.54, 1.807) is 24.3 Å². The van der Waals surface area contributed by atoms with E-state index in [-0.39, 0.29) is 17.3 Å². The van der Waals surface area contributed by atoms with Gasteiger partial charge in [-0.3, -0.25) is 4.79 Å². The van der Waals surface area contributed by atoms with Crippen LogP contribution in [0.4, 0.5) is 5.82 Å². The molecule has 0 radical (unpaired) electrons. The first kappa shape index (κ1) is 16.2. The maximum Gasteiger partial charge on any atom is 0.294 e. The van der Waals surface area contributed by atoms with E-state index in [2.05, 4.69) is 35.8 Å². The van der Waals surface area contributed by atoms with E-state index in [1.807, 2.05) is 18.2 Å². The van der Waals surface area contributed by atoms with Crippen LogP contribution in [0.15, 0.2) is 62.9 Å². The Balaban J connectivity index is 1.71. The van der Waals surface area contributed by atoms with Crippen LogP contribution in [0.2, 0.25) is 0 Å². The summed E-state index contributed by atoms with van der Waals surface area (Å²) in [5.41, 5.74) is 9.20. The monoisotopic (exact) mass is 364 g/mol. The molecule has 11 heteroatoms. The van der Waals surface area contributed by atoms with Crippen LogP contribution in [0.25, 0.3) is 17.1 Å². The molecule has 4 rings (SSSR count). The van der Waals surface area contributed by atoms with Gasteiger partial charge in [-0.05, 0) is 22.4 Å². The third-order valence-electron chi connectivity index (χ3n) is 3.53. The maximum atomic E-state index is 12.6. The lowest BCUT2D eigenvalue weighted by Gasteiger charge is -2.05. The van der Waals surface area contributed by atoms with Gasteiger partial charge in [-0.1, -0.05) is 35.5 Å². The molecule has 0 spiro atoms. The van der Waals surface area contributed by atoms with Crippen molar-refractivity contribution in [3.63, 3.8) is 0 Å². The number of rotatable bonds is 5. The Bertz CT molecular complexity index is 1080. The molecule has 134 valence electrons. The van der Waals surface area contributed by atoms with Crippen LogP contribution in [0.1, 0.15) is 16.2 Å². The number of hydrogen-bond acceptors (Lipinski definition) is 9. The molecule has 0 saturated carbocycles. The zero-order valence-electron chi connectivity index (χ0n) is 13.7. The normalized spacial score (nSPS) is 11.1. The van der Waals surface area contributed by atoms with Crippen LogP contribution in [-0.2, 0) is 0 Å². The summed E-state index contributed by atoms with van der Waals surface area (Å²) >= 11 is 0. The molecule has 0 aliphatic rings. The highest BCUT2D eigenvalue weighted by Gasteiger charge is 2.24. The van der Waals surface area contributed by atoms with Crippen LogP contribution in [0.5, 0.6) is 0 Å². The lowest BCUT2D eigenvalue weighted by atomic mass is 10.1. The van der Waals surface area contributed by atoms with Crippen LogP contribution in [-0.4, -0.2) is 37.4 Å². The summed E-state index contributed by atoms with van der Waals surface area (Å²) < 4.78 is 11.0. The Hall–Kier alpha value is -4.28. The van der Waals surface area contributed by atoms with E-state index >= 15 is 0 Å². The predicted molar refractivity (Wildman–Crippen MR) is 92.8 cm³/mol. The number of anilines is 1. The molecule has 4 aromatic rings. The molecule has 1 amide bonds. The number of nitrogen functional groups attached to an aromatic ring is 1. The van der Waals surface area contributed by atoms with Crippen LogP contribution < -0.4 is 11.2 Å². The Labute approximate surface area is 151 Å². The van der Waals surface area contributed by atoms with Crippen molar-refractivity contribution < 1.29 is 13.8 Å². The van der Waals surface area contributed by atoms with Crippen molar-refractivity contribution in [1.29, 1.82) is 0 Å². The third kappa shape index (κ3) is 3.16. The first-order valence-corrected chi connectivity index (χ1v) is 7.70. The zero-order chi connectivity index (χ0) is 18.6. The molecular weight excluding hydrogens is 352 g/mol. The summed E-state index contributed by atoms with van der Waals surface area (Å²) in [5.74, 6) is 0.0565. The lowest BCUT2D eigenvalue weighted by Crippen LogP contribution is -2.19. The van der Waals surface area contributed by atoms with E-state index in [0.29, 0.717) is 17.0 Å². The predicted octanol–water partition coefficient (Wildman–Crippen LogP) is 1.26. The van der Waals surface area contributed by atoms with E-state index in [1.165, 1.54) is 17.2 Å². The number of benzene rings is 1. The van der Waals surface area contributed by atoms with E-state index in [9.17, 15) is 4.79 Å². The van der Waals surface area contributed by atoms with Crippen LogP contribution >= 0.6 is 0 Å². The number of amides is 1. The highest BCUT2D eigenvalue weighted by Crippen LogP contribution is 2.26. The maximum absolute atomic E-state index is 12.6. The quantitative estimate of drug-likeness (QED) is 0.397. The smallest absolute Gasteiger partial charge is 0.294 e. The van der Waals surface area contributed by atoms with Gasteiger partial charge in [0, 0.05) is 5.56 Å². The van der Waals surface area contributed by atoms with Gasteiger partial charge in [-0.2, -0.15) is 9.78 Å². The average molecular weight is 364 g/mol. The fourth-order valence-corrected chi connectivity index (χ4v) is 2.35. The fraction of sp³-hybridized carbons (Fsp3) is 0. The number of furan rings is 1. The molecular formula is C16H12N8O3.